The first-order valence-electron chi connectivity index (χ1n) is 4.87. The van der Waals surface area contributed by atoms with Gasteiger partial charge in [-0.15, -0.1) is 0 Å². The second-order valence-corrected chi connectivity index (χ2v) is 4.10. The van der Waals surface area contributed by atoms with E-state index in [0.29, 0.717) is 17.5 Å². The van der Waals surface area contributed by atoms with E-state index in [1.807, 2.05) is 0 Å². The molecule has 1 aromatic heterocycles. The summed E-state index contributed by atoms with van der Waals surface area (Å²) in [6, 6.07) is 6.61. The second kappa shape index (κ2) is 5.55. The number of rotatable bonds is 5. The Morgan fingerprint density at radius 1 is 1.38 bits per heavy atom. The zero-order valence-corrected chi connectivity index (χ0v) is 9.34. The van der Waals surface area contributed by atoms with E-state index in [4.69, 9.17) is 4.42 Å². The van der Waals surface area contributed by atoms with Crippen LogP contribution in [0.2, 0.25) is 0 Å². The van der Waals surface area contributed by atoms with Crippen molar-refractivity contribution < 1.29 is 8.81 Å². The molecule has 3 nitrogen and oxygen atoms in total. The van der Waals surface area contributed by atoms with Gasteiger partial charge < -0.3 is 9.73 Å². The molecule has 16 heavy (non-hydrogen) atoms. The lowest BCUT2D eigenvalue weighted by atomic mass is 10.3. The van der Waals surface area contributed by atoms with Gasteiger partial charge >= 0.3 is 0 Å². The third kappa shape index (κ3) is 3.00. The molecule has 0 bridgehead atoms. The largest absolute Gasteiger partial charge is 0.440 e. The molecule has 0 atom stereocenters. The summed E-state index contributed by atoms with van der Waals surface area (Å²) in [7, 11) is 0. The van der Waals surface area contributed by atoms with E-state index in [0.717, 1.165) is 5.75 Å². The van der Waals surface area contributed by atoms with Crippen molar-refractivity contribution in [1.82, 2.24) is 4.98 Å². The first-order chi connectivity index (χ1) is 7.86. The fraction of sp³-hybridized carbons (Fsp3) is 0.182. The maximum Gasteiger partial charge on any atom is 0.255 e. The minimum absolute atomic E-state index is 0.233. The van der Waals surface area contributed by atoms with Crippen LogP contribution in [0.25, 0.3) is 0 Å². The van der Waals surface area contributed by atoms with Gasteiger partial charge in [-0.1, -0.05) is 23.9 Å². The van der Waals surface area contributed by atoms with Gasteiger partial charge in [-0.2, -0.15) is 0 Å². The molecule has 1 N–H and O–H groups in total. The van der Waals surface area contributed by atoms with Crippen molar-refractivity contribution in [1.29, 1.82) is 0 Å². The standard InChI is InChI=1S/C11H11FN2OS/c12-9-3-1-2-4-10(9)13-6-8-16-11-14-5-7-15-11/h1-5,7,13H,6,8H2. The first kappa shape index (κ1) is 11.0. The van der Waals surface area contributed by atoms with Crippen LogP contribution in [0.5, 0.6) is 0 Å². The van der Waals surface area contributed by atoms with Crippen LogP contribution in [0.3, 0.4) is 0 Å². The number of nitrogens with zero attached hydrogens (tertiary/aromatic N) is 1. The number of oxazole rings is 1. The van der Waals surface area contributed by atoms with Gasteiger partial charge in [-0.3, -0.25) is 0 Å². The molecule has 0 aliphatic carbocycles. The highest BCUT2D eigenvalue weighted by Gasteiger charge is 2.00. The number of hydrogen-bond acceptors (Lipinski definition) is 4. The Hall–Kier alpha value is -1.49. The normalized spacial score (nSPS) is 10.3. The summed E-state index contributed by atoms with van der Waals surface area (Å²) >= 11 is 1.49. The Morgan fingerprint density at radius 2 is 2.25 bits per heavy atom. The molecular formula is C11H11FN2OS. The molecule has 1 heterocycles. The summed E-state index contributed by atoms with van der Waals surface area (Å²) in [4.78, 5) is 3.97. The molecule has 2 aromatic rings. The molecule has 0 spiro atoms. The number of anilines is 1. The van der Waals surface area contributed by atoms with Gasteiger partial charge in [0.2, 0.25) is 0 Å². The van der Waals surface area contributed by atoms with E-state index in [9.17, 15) is 4.39 Å². The summed E-state index contributed by atoms with van der Waals surface area (Å²) in [5, 5.41) is 3.64. The lowest BCUT2D eigenvalue weighted by molar-refractivity contribution is 0.454. The number of nitrogens with one attached hydrogen (secondary N) is 1. The van der Waals surface area contributed by atoms with E-state index in [-0.39, 0.29) is 5.82 Å². The lowest BCUT2D eigenvalue weighted by Crippen LogP contribution is -2.05. The number of hydrogen-bond donors (Lipinski definition) is 1. The van der Waals surface area contributed by atoms with Crippen molar-refractivity contribution in [3.63, 3.8) is 0 Å². The van der Waals surface area contributed by atoms with Gasteiger partial charge in [0.05, 0.1) is 11.9 Å². The molecule has 0 saturated heterocycles. The van der Waals surface area contributed by atoms with Crippen LogP contribution < -0.4 is 5.32 Å². The van der Waals surface area contributed by atoms with Gasteiger partial charge in [0.1, 0.15) is 12.1 Å². The minimum Gasteiger partial charge on any atom is -0.440 e. The smallest absolute Gasteiger partial charge is 0.255 e. The highest BCUT2D eigenvalue weighted by Crippen LogP contribution is 2.16. The molecule has 84 valence electrons. The number of aromatic nitrogens is 1. The first-order valence-corrected chi connectivity index (χ1v) is 5.85. The molecule has 1 aromatic carbocycles. The van der Waals surface area contributed by atoms with Crippen molar-refractivity contribution in [2.75, 3.05) is 17.6 Å². The molecule has 0 unspecified atom stereocenters. The lowest BCUT2D eigenvalue weighted by Gasteiger charge is -2.05. The summed E-state index contributed by atoms with van der Waals surface area (Å²) in [5.74, 6) is 0.540. The minimum atomic E-state index is -0.233. The van der Waals surface area contributed by atoms with Crippen LogP contribution in [0.4, 0.5) is 10.1 Å². The van der Waals surface area contributed by atoms with Gasteiger partial charge in [-0.25, -0.2) is 9.37 Å². The Bertz CT molecular complexity index is 433. The zero-order valence-electron chi connectivity index (χ0n) is 8.52. The van der Waals surface area contributed by atoms with Gasteiger partial charge in [-0.05, 0) is 12.1 Å². The summed E-state index contributed by atoms with van der Waals surface area (Å²) in [6.45, 7) is 0.661. The zero-order chi connectivity index (χ0) is 11.2. The molecule has 2 rings (SSSR count). The fourth-order valence-corrected chi connectivity index (χ4v) is 1.85. The quantitative estimate of drug-likeness (QED) is 0.642. The monoisotopic (exact) mass is 238 g/mol. The molecule has 0 aliphatic heterocycles. The van der Waals surface area contributed by atoms with Crippen molar-refractivity contribution in [2.24, 2.45) is 0 Å². The van der Waals surface area contributed by atoms with Crippen LogP contribution in [-0.4, -0.2) is 17.3 Å². The third-order valence-corrected chi connectivity index (χ3v) is 2.78. The highest BCUT2D eigenvalue weighted by atomic mass is 32.2. The van der Waals surface area contributed by atoms with E-state index in [2.05, 4.69) is 10.3 Å². The summed E-state index contributed by atoms with van der Waals surface area (Å²) in [5.41, 5.74) is 0.524. The third-order valence-electron chi connectivity index (χ3n) is 1.93. The molecule has 0 radical (unpaired) electrons. The average molecular weight is 238 g/mol. The Labute approximate surface area is 97.1 Å². The summed E-state index contributed by atoms with van der Waals surface area (Å²) < 4.78 is 18.2. The molecule has 0 aliphatic rings. The van der Waals surface area contributed by atoms with Crippen LogP contribution >= 0.6 is 11.8 Å². The number of para-hydroxylation sites is 1. The Balaban J connectivity index is 1.74. The van der Waals surface area contributed by atoms with E-state index in [1.54, 1.807) is 24.4 Å². The maximum atomic E-state index is 13.2. The van der Waals surface area contributed by atoms with Gasteiger partial charge in [0.15, 0.2) is 0 Å². The van der Waals surface area contributed by atoms with Crippen molar-refractivity contribution in [3.8, 4) is 0 Å². The van der Waals surface area contributed by atoms with E-state index >= 15 is 0 Å². The Kier molecular flexibility index (Phi) is 3.82. The number of halogens is 1. The summed E-state index contributed by atoms with van der Waals surface area (Å²) in [6.07, 6.45) is 3.14. The van der Waals surface area contributed by atoms with Gasteiger partial charge in [0.25, 0.3) is 5.22 Å². The van der Waals surface area contributed by atoms with Crippen LogP contribution in [0, 0.1) is 5.82 Å². The maximum absolute atomic E-state index is 13.2. The Morgan fingerprint density at radius 3 is 3.00 bits per heavy atom. The van der Waals surface area contributed by atoms with E-state index < -0.39 is 0 Å². The molecule has 0 saturated carbocycles. The molecule has 0 fully saturated rings. The number of thioether (sulfide) groups is 1. The van der Waals surface area contributed by atoms with Crippen molar-refractivity contribution in [2.45, 2.75) is 5.22 Å². The van der Waals surface area contributed by atoms with E-state index in [1.165, 1.54) is 24.1 Å². The van der Waals surface area contributed by atoms with Crippen LogP contribution in [-0.2, 0) is 0 Å². The highest BCUT2D eigenvalue weighted by molar-refractivity contribution is 7.99. The molecule has 5 heteroatoms. The van der Waals surface area contributed by atoms with Crippen LogP contribution in [0.1, 0.15) is 0 Å². The molecular weight excluding hydrogens is 227 g/mol. The SMILES string of the molecule is Fc1ccccc1NCCSc1ncco1. The average Bonchev–Trinajstić information content (AvgIpc) is 2.79. The van der Waals surface area contributed by atoms with Crippen molar-refractivity contribution in [3.05, 3.63) is 42.5 Å². The predicted octanol–water partition coefficient (Wildman–Crippen LogP) is 3.02. The predicted molar refractivity (Wildman–Crippen MR) is 62.1 cm³/mol. The number of benzene rings is 1. The fourth-order valence-electron chi connectivity index (χ4n) is 1.21. The van der Waals surface area contributed by atoms with Crippen molar-refractivity contribution >= 4 is 17.4 Å². The molecule has 0 amide bonds. The topological polar surface area (TPSA) is 38.1 Å². The second-order valence-electron chi connectivity index (χ2n) is 3.05. The van der Waals surface area contributed by atoms with Gasteiger partial charge in [0, 0.05) is 12.3 Å². The van der Waals surface area contributed by atoms with Crippen LogP contribution in [0.15, 0.2) is 46.4 Å².